The Morgan fingerprint density at radius 2 is 1.90 bits per heavy atom. The average Bonchev–Trinajstić information content (AvgIpc) is 2.45. The summed E-state index contributed by atoms with van der Waals surface area (Å²) in [6.45, 7) is 2.26. The third-order valence-electron chi connectivity index (χ3n) is 3.29. The molecule has 0 saturated carbocycles. The Morgan fingerprint density at radius 3 is 2.62 bits per heavy atom. The Balaban J connectivity index is 2.03. The van der Waals surface area contributed by atoms with Gasteiger partial charge in [0.1, 0.15) is 11.4 Å². The van der Waals surface area contributed by atoms with Crippen LogP contribution >= 0.6 is 0 Å². The maximum absolute atomic E-state index is 13.7. The number of rotatable bonds is 4. The van der Waals surface area contributed by atoms with Crippen molar-refractivity contribution in [1.82, 2.24) is 5.32 Å². The fourth-order valence-electron chi connectivity index (χ4n) is 2.07. The monoisotopic (exact) mass is 290 g/mol. The topological polar surface area (TPSA) is 55.1 Å². The van der Waals surface area contributed by atoms with Crippen molar-refractivity contribution in [2.24, 2.45) is 0 Å². The van der Waals surface area contributed by atoms with E-state index in [0.717, 1.165) is 23.3 Å². The van der Waals surface area contributed by atoms with E-state index in [9.17, 15) is 13.6 Å². The van der Waals surface area contributed by atoms with Gasteiger partial charge in [0.05, 0.1) is 5.69 Å². The molecule has 0 aliphatic heterocycles. The smallest absolute Gasteiger partial charge is 0.257 e. The van der Waals surface area contributed by atoms with E-state index in [2.05, 4.69) is 5.32 Å². The molecule has 3 N–H and O–H groups in total. The molecule has 0 fully saturated rings. The maximum Gasteiger partial charge on any atom is 0.257 e. The quantitative estimate of drug-likeness (QED) is 0.851. The van der Waals surface area contributed by atoms with E-state index in [0.29, 0.717) is 6.42 Å². The summed E-state index contributed by atoms with van der Waals surface area (Å²) in [5.74, 6) is -2.75. The Hall–Kier alpha value is -2.43. The summed E-state index contributed by atoms with van der Waals surface area (Å²) in [7, 11) is 0. The van der Waals surface area contributed by atoms with Gasteiger partial charge in [-0.25, -0.2) is 8.78 Å². The molecule has 2 aromatic carbocycles. The van der Waals surface area contributed by atoms with Crippen LogP contribution in [0.4, 0.5) is 14.5 Å². The van der Waals surface area contributed by atoms with Crippen molar-refractivity contribution in [2.75, 3.05) is 12.3 Å². The lowest BCUT2D eigenvalue weighted by Crippen LogP contribution is -2.28. The highest BCUT2D eigenvalue weighted by molar-refractivity contribution is 5.95. The van der Waals surface area contributed by atoms with E-state index in [4.69, 9.17) is 5.73 Å². The summed E-state index contributed by atoms with van der Waals surface area (Å²) in [6, 6.07) is 9.82. The van der Waals surface area contributed by atoms with Gasteiger partial charge in [-0.3, -0.25) is 4.79 Å². The van der Waals surface area contributed by atoms with Gasteiger partial charge in [0.2, 0.25) is 0 Å². The zero-order chi connectivity index (χ0) is 15.4. The van der Waals surface area contributed by atoms with Crippen LogP contribution in [0.2, 0.25) is 0 Å². The summed E-state index contributed by atoms with van der Waals surface area (Å²) >= 11 is 0. The van der Waals surface area contributed by atoms with Gasteiger partial charge in [-0.2, -0.15) is 0 Å². The standard InChI is InChI=1S/C16H16F2N2O/c1-10-4-2-3-5-11(10)8-9-20-16(21)14-12(17)6-7-13(19)15(14)18/h2-7H,8-9,19H2,1H3,(H,20,21). The molecule has 3 nitrogen and oxygen atoms in total. The first-order chi connectivity index (χ1) is 10.0. The number of nitrogen functional groups attached to an aromatic ring is 1. The molecule has 0 atom stereocenters. The highest BCUT2D eigenvalue weighted by atomic mass is 19.1. The van der Waals surface area contributed by atoms with Gasteiger partial charge < -0.3 is 11.1 Å². The largest absolute Gasteiger partial charge is 0.396 e. The minimum absolute atomic E-state index is 0.250. The van der Waals surface area contributed by atoms with Crippen LogP contribution in [-0.4, -0.2) is 12.5 Å². The van der Waals surface area contributed by atoms with Crippen molar-refractivity contribution in [3.05, 3.63) is 64.7 Å². The lowest BCUT2D eigenvalue weighted by Gasteiger charge is -2.09. The van der Waals surface area contributed by atoms with Crippen molar-refractivity contribution in [2.45, 2.75) is 13.3 Å². The molecule has 0 saturated heterocycles. The number of carbonyl (C=O) groups excluding carboxylic acids is 1. The van der Waals surface area contributed by atoms with Crippen molar-refractivity contribution in [3.8, 4) is 0 Å². The van der Waals surface area contributed by atoms with E-state index < -0.39 is 23.1 Å². The molecule has 0 aromatic heterocycles. The number of carbonyl (C=O) groups is 1. The van der Waals surface area contributed by atoms with Crippen LogP contribution < -0.4 is 11.1 Å². The molecule has 1 amide bonds. The number of hydrogen-bond donors (Lipinski definition) is 2. The summed E-state index contributed by atoms with van der Waals surface area (Å²) < 4.78 is 27.2. The SMILES string of the molecule is Cc1ccccc1CCNC(=O)c1c(F)ccc(N)c1F. The molecule has 0 aliphatic rings. The fourth-order valence-corrected chi connectivity index (χ4v) is 2.07. The Labute approximate surface area is 121 Å². The number of nitrogens with one attached hydrogen (secondary N) is 1. The minimum Gasteiger partial charge on any atom is -0.396 e. The van der Waals surface area contributed by atoms with E-state index >= 15 is 0 Å². The molecule has 110 valence electrons. The second kappa shape index (κ2) is 6.35. The molecular formula is C16H16F2N2O. The molecule has 0 aliphatic carbocycles. The molecular weight excluding hydrogens is 274 g/mol. The summed E-state index contributed by atoms with van der Waals surface area (Å²) in [6.07, 6.45) is 0.587. The van der Waals surface area contributed by atoms with Gasteiger partial charge in [-0.15, -0.1) is 0 Å². The van der Waals surface area contributed by atoms with Gasteiger partial charge in [0.15, 0.2) is 5.82 Å². The molecule has 0 heterocycles. The number of amides is 1. The molecule has 0 bridgehead atoms. The highest BCUT2D eigenvalue weighted by Crippen LogP contribution is 2.18. The van der Waals surface area contributed by atoms with Crippen LogP contribution in [0.3, 0.4) is 0 Å². The van der Waals surface area contributed by atoms with Crippen LogP contribution in [0.25, 0.3) is 0 Å². The van der Waals surface area contributed by atoms with Crippen LogP contribution in [0.5, 0.6) is 0 Å². The van der Waals surface area contributed by atoms with Crippen molar-refractivity contribution >= 4 is 11.6 Å². The van der Waals surface area contributed by atoms with Gasteiger partial charge in [-0.1, -0.05) is 24.3 Å². The van der Waals surface area contributed by atoms with E-state index in [1.165, 1.54) is 0 Å². The maximum atomic E-state index is 13.7. The zero-order valence-electron chi connectivity index (χ0n) is 11.6. The third-order valence-corrected chi connectivity index (χ3v) is 3.29. The van der Waals surface area contributed by atoms with Gasteiger partial charge >= 0.3 is 0 Å². The first kappa shape index (κ1) is 15.0. The Bertz CT molecular complexity index is 671. The third kappa shape index (κ3) is 3.37. The minimum atomic E-state index is -1.02. The molecule has 0 spiro atoms. The summed E-state index contributed by atoms with van der Waals surface area (Å²) in [5, 5.41) is 2.51. The van der Waals surface area contributed by atoms with Crippen molar-refractivity contribution < 1.29 is 13.6 Å². The number of hydrogen-bond acceptors (Lipinski definition) is 2. The first-order valence-corrected chi connectivity index (χ1v) is 6.57. The molecule has 21 heavy (non-hydrogen) atoms. The van der Waals surface area contributed by atoms with Crippen molar-refractivity contribution in [1.29, 1.82) is 0 Å². The van der Waals surface area contributed by atoms with E-state index in [1.54, 1.807) is 0 Å². The Kier molecular flexibility index (Phi) is 4.52. The number of anilines is 1. The average molecular weight is 290 g/mol. The summed E-state index contributed by atoms with van der Waals surface area (Å²) in [4.78, 5) is 11.9. The first-order valence-electron chi connectivity index (χ1n) is 6.57. The number of nitrogens with two attached hydrogens (primary N) is 1. The fraction of sp³-hybridized carbons (Fsp3) is 0.188. The number of aryl methyl sites for hydroxylation is 1. The Morgan fingerprint density at radius 1 is 1.19 bits per heavy atom. The predicted octanol–water partition coefficient (Wildman–Crippen LogP) is 2.83. The summed E-state index contributed by atoms with van der Waals surface area (Å²) in [5.41, 5.74) is 6.64. The molecule has 2 rings (SSSR count). The second-order valence-corrected chi connectivity index (χ2v) is 4.76. The van der Waals surface area contributed by atoms with Gasteiger partial charge in [0.25, 0.3) is 5.91 Å². The lowest BCUT2D eigenvalue weighted by atomic mass is 10.1. The molecule has 5 heteroatoms. The van der Waals surface area contributed by atoms with Crippen LogP contribution in [0.1, 0.15) is 21.5 Å². The van der Waals surface area contributed by atoms with Crippen LogP contribution in [0, 0.1) is 18.6 Å². The van der Waals surface area contributed by atoms with Gasteiger partial charge in [-0.05, 0) is 36.6 Å². The lowest BCUT2D eigenvalue weighted by molar-refractivity contribution is 0.0946. The van der Waals surface area contributed by atoms with E-state index in [-0.39, 0.29) is 12.2 Å². The van der Waals surface area contributed by atoms with E-state index in [1.807, 2.05) is 31.2 Å². The second-order valence-electron chi connectivity index (χ2n) is 4.76. The van der Waals surface area contributed by atoms with Crippen LogP contribution in [0.15, 0.2) is 36.4 Å². The number of benzene rings is 2. The predicted molar refractivity (Wildman–Crippen MR) is 78.0 cm³/mol. The van der Waals surface area contributed by atoms with Gasteiger partial charge in [0, 0.05) is 6.54 Å². The normalized spacial score (nSPS) is 10.4. The number of halogens is 2. The van der Waals surface area contributed by atoms with Crippen molar-refractivity contribution in [3.63, 3.8) is 0 Å². The molecule has 0 radical (unpaired) electrons. The zero-order valence-corrected chi connectivity index (χ0v) is 11.6. The molecule has 2 aromatic rings. The van der Waals surface area contributed by atoms with Crippen LogP contribution in [-0.2, 0) is 6.42 Å². The highest BCUT2D eigenvalue weighted by Gasteiger charge is 2.19. The molecule has 0 unspecified atom stereocenters.